The van der Waals surface area contributed by atoms with Gasteiger partial charge in [-0.1, -0.05) is 28.1 Å². The summed E-state index contributed by atoms with van der Waals surface area (Å²) in [6.07, 6.45) is 0. The van der Waals surface area contributed by atoms with Gasteiger partial charge in [-0.3, -0.25) is 0 Å². The zero-order valence-corrected chi connectivity index (χ0v) is 9.58. The van der Waals surface area contributed by atoms with Crippen LogP contribution in [0, 0.1) is 0 Å². The molecule has 0 radical (unpaired) electrons. The van der Waals surface area contributed by atoms with Crippen molar-refractivity contribution in [2.75, 3.05) is 7.11 Å². The second-order valence-electron chi connectivity index (χ2n) is 2.91. The highest BCUT2D eigenvalue weighted by atomic mass is 79.9. The van der Waals surface area contributed by atoms with E-state index in [2.05, 4.69) is 25.7 Å². The van der Waals surface area contributed by atoms with Crippen LogP contribution in [0.1, 0.15) is 16.2 Å². The quantitative estimate of drug-likeness (QED) is 0.621. The first-order chi connectivity index (χ1) is 7.26. The molecule has 5 heteroatoms. The Morgan fingerprint density at radius 2 is 2.40 bits per heavy atom. The van der Waals surface area contributed by atoms with Crippen LogP contribution in [-0.4, -0.2) is 18.1 Å². The first-order valence-electron chi connectivity index (χ1n) is 4.29. The number of ether oxygens (including phenoxy) is 1. The van der Waals surface area contributed by atoms with Crippen molar-refractivity contribution in [3.8, 4) is 0 Å². The van der Waals surface area contributed by atoms with Crippen LogP contribution in [0.2, 0.25) is 0 Å². The SMILES string of the molecule is COC(=O)c1nc2c(CBr)cccc2o1. The van der Waals surface area contributed by atoms with E-state index in [0.29, 0.717) is 16.4 Å². The minimum absolute atomic E-state index is 0.0131. The maximum Gasteiger partial charge on any atom is 0.394 e. The van der Waals surface area contributed by atoms with E-state index in [-0.39, 0.29) is 5.89 Å². The summed E-state index contributed by atoms with van der Waals surface area (Å²) in [5.74, 6) is -0.576. The minimum atomic E-state index is -0.563. The summed E-state index contributed by atoms with van der Waals surface area (Å²) in [7, 11) is 1.29. The van der Waals surface area contributed by atoms with Crippen LogP contribution in [0.4, 0.5) is 0 Å². The molecule has 1 heterocycles. The van der Waals surface area contributed by atoms with Crippen molar-refractivity contribution in [1.29, 1.82) is 0 Å². The fourth-order valence-corrected chi connectivity index (χ4v) is 1.74. The lowest BCUT2D eigenvalue weighted by Crippen LogP contribution is -2.00. The van der Waals surface area contributed by atoms with Crippen molar-refractivity contribution in [3.63, 3.8) is 0 Å². The van der Waals surface area contributed by atoms with Gasteiger partial charge in [0.25, 0.3) is 0 Å². The molecule has 1 aromatic heterocycles. The van der Waals surface area contributed by atoms with Gasteiger partial charge in [0, 0.05) is 5.33 Å². The van der Waals surface area contributed by atoms with E-state index >= 15 is 0 Å². The molecule has 2 rings (SSSR count). The zero-order chi connectivity index (χ0) is 10.8. The smallest absolute Gasteiger partial charge is 0.394 e. The van der Waals surface area contributed by atoms with Crippen LogP contribution in [0.5, 0.6) is 0 Å². The topological polar surface area (TPSA) is 52.3 Å². The molecule has 0 unspecified atom stereocenters. The number of nitrogens with zero attached hydrogens (tertiary/aromatic N) is 1. The summed E-state index contributed by atoms with van der Waals surface area (Å²) in [5.41, 5.74) is 2.26. The van der Waals surface area contributed by atoms with Crippen LogP contribution < -0.4 is 0 Å². The second kappa shape index (κ2) is 4.02. The van der Waals surface area contributed by atoms with Gasteiger partial charge in [-0.15, -0.1) is 0 Å². The first kappa shape index (κ1) is 10.2. The molecule has 0 atom stereocenters. The highest BCUT2D eigenvalue weighted by Crippen LogP contribution is 2.21. The molecule has 0 saturated heterocycles. The summed E-state index contributed by atoms with van der Waals surface area (Å²) in [6.45, 7) is 0. The molecular weight excluding hydrogens is 262 g/mol. The number of benzene rings is 1. The van der Waals surface area contributed by atoms with Gasteiger partial charge in [-0.25, -0.2) is 9.78 Å². The van der Waals surface area contributed by atoms with Crippen molar-refractivity contribution in [2.24, 2.45) is 0 Å². The van der Waals surface area contributed by atoms with Gasteiger partial charge >= 0.3 is 11.9 Å². The van der Waals surface area contributed by atoms with Gasteiger partial charge in [0.1, 0.15) is 5.52 Å². The molecule has 0 amide bonds. The monoisotopic (exact) mass is 269 g/mol. The summed E-state index contributed by atoms with van der Waals surface area (Å²) in [4.78, 5) is 15.3. The zero-order valence-electron chi connectivity index (χ0n) is 7.99. The Kier molecular flexibility index (Phi) is 2.73. The molecular formula is C10H8BrNO3. The summed E-state index contributed by atoms with van der Waals surface area (Å²) < 4.78 is 9.79. The van der Waals surface area contributed by atoms with E-state index in [9.17, 15) is 4.79 Å². The number of carbonyl (C=O) groups excluding carboxylic acids is 1. The van der Waals surface area contributed by atoms with Gasteiger partial charge in [0.2, 0.25) is 0 Å². The van der Waals surface area contributed by atoms with Crippen molar-refractivity contribution < 1.29 is 13.9 Å². The number of aromatic nitrogens is 1. The van der Waals surface area contributed by atoms with Gasteiger partial charge in [-0.05, 0) is 11.6 Å². The van der Waals surface area contributed by atoms with Crippen molar-refractivity contribution in [3.05, 3.63) is 29.7 Å². The van der Waals surface area contributed by atoms with E-state index in [1.165, 1.54) is 7.11 Å². The molecule has 0 aliphatic rings. The molecule has 1 aromatic carbocycles. The Morgan fingerprint density at radius 3 is 3.07 bits per heavy atom. The van der Waals surface area contributed by atoms with Gasteiger partial charge in [-0.2, -0.15) is 0 Å². The first-order valence-corrected chi connectivity index (χ1v) is 5.41. The van der Waals surface area contributed by atoms with Gasteiger partial charge < -0.3 is 9.15 Å². The lowest BCUT2D eigenvalue weighted by Gasteiger charge is -1.92. The number of carbonyl (C=O) groups is 1. The highest BCUT2D eigenvalue weighted by Gasteiger charge is 2.15. The largest absolute Gasteiger partial charge is 0.462 e. The Morgan fingerprint density at radius 1 is 1.60 bits per heavy atom. The molecule has 2 aromatic rings. The lowest BCUT2D eigenvalue weighted by atomic mass is 10.2. The average molecular weight is 270 g/mol. The minimum Gasteiger partial charge on any atom is -0.462 e. The van der Waals surface area contributed by atoms with E-state index < -0.39 is 5.97 Å². The number of para-hydroxylation sites is 1. The van der Waals surface area contributed by atoms with Crippen LogP contribution in [-0.2, 0) is 10.1 Å². The second-order valence-corrected chi connectivity index (χ2v) is 3.47. The molecule has 0 spiro atoms. The molecule has 0 fully saturated rings. The maximum absolute atomic E-state index is 11.2. The molecule has 78 valence electrons. The Bertz CT molecular complexity index is 506. The number of halogens is 1. The number of oxazole rings is 1. The predicted molar refractivity (Wildman–Crippen MR) is 58.0 cm³/mol. The number of fused-ring (bicyclic) bond motifs is 1. The van der Waals surface area contributed by atoms with Crippen LogP contribution >= 0.6 is 15.9 Å². The Labute approximate surface area is 94.4 Å². The molecule has 0 bridgehead atoms. The van der Waals surface area contributed by atoms with E-state index in [0.717, 1.165) is 5.56 Å². The number of hydrogen-bond acceptors (Lipinski definition) is 4. The van der Waals surface area contributed by atoms with Gasteiger partial charge in [0.05, 0.1) is 7.11 Å². The van der Waals surface area contributed by atoms with E-state index in [1.807, 2.05) is 12.1 Å². The molecule has 0 aliphatic carbocycles. The summed E-state index contributed by atoms with van der Waals surface area (Å²) in [5, 5.41) is 0.664. The average Bonchev–Trinajstić information content (AvgIpc) is 2.71. The van der Waals surface area contributed by atoms with Gasteiger partial charge in [0.15, 0.2) is 5.58 Å². The van der Waals surface area contributed by atoms with E-state index in [4.69, 9.17) is 4.42 Å². The van der Waals surface area contributed by atoms with Crippen LogP contribution in [0.25, 0.3) is 11.1 Å². The Hall–Kier alpha value is -1.36. The normalized spacial score (nSPS) is 10.5. The maximum atomic E-state index is 11.2. The molecule has 15 heavy (non-hydrogen) atoms. The van der Waals surface area contributed by atoms with Crippen molar-refractivity contribution in [1.82, 2.24) is 4.98 Å². The van der Waals surface area contributed by atoms with Crippen molar-refractivity contribution in [2.45, 2.75) is 5.33 Å². The third-order valence-corrected chi connectivity index (χ3v) is 2.61. The molecule has 0 aliphatic heterocycles. The summed E-state index contributed by atoms with van der Waals surface area (Å²) >= 11 is 3.34. The Balaban J connectivity index is 2.60. The van der Waals surface area contributed by atoms with E-state index in [1.54, 1.807) is 6.07 Å². The van der Waals surface area contributed by atoms with Crippen LogP contribution in [0.3, 0.4) is 0 Å². The molecule has 0 N–H and O–H groups in total. The number of methoxy groups -OCH3 is 1. The molecule has 0 saturated carbocycles. The number of hydrogen-bond donors (Lipinski definition) is 0. The predicted octanol–water partition coefficient (Wildman–Crippen LogP) is 2.51. The van der Waals surface area contributed by atoms with Crippen molar-refractivity contribution >= 4 is 33.0 Å². The fraction of sp³-hybridized carbons (Fsp3) is 0.200. The third kappa shape index (κ3) is 1.74. The lowest BCUT2D eigenvalue weighted by molar-refractivity contribution is 0.0559. The number of rotatable bonds is 2. The summed E-state index contributed by atoms with van der Waals surface area (Å²) in [6, 6.07) is 5.53. The standard InChI is InChI=1S/C10H8BrNO3/c1-14-10(13)9-12-8-6(5-11)3-2-4-7(8)15-9/h2-4H,5H2,1H3. The third-order valence-electron chi connectivity index (χ3n) is 2.01. The highest BCUT2D eigenvalue weighted by molar-refractivity contribution is 9.08. The fourth-order valence-electron chi connectivity index (χ4n) is 1.29. The number of alkyl halides is 1. The number of esters is 1. The van der Waals surface area contributed by atoms with Crippen LogP contribution in [0.15, 0.2) is 22.6 Å². The molecule has 4 nitrogen and oxygen atoms in total.